The minimum Gasteiger partial charge on any atom is -0.508 e. The van der Waals surface area contributed by atoms with E-state index in [1.54, 1.807) is 6.07 Å². The minimum atomic E-state index is -0.0330. The number of likely N-dealkylation sites (N-methyl/N-ethyl adjacent to an activating group) is 2. The number of aromatic nitrogens is 2. The lowest BCUT2D eigenvalue weighted by atomic mass is 10.00. The van der Waals surface area contributed by atoms with Gasteiger partial charge in [0.05, 0.1) is 18.3 Å². The fourth-order valence-corrected chi connectivity index (χ4v) is 6.03. The molecule has 1 N–H and O–H groups in total. The standard InChI is InChI=1S/C31H43N7O3/c1-6-8-23-17-25(39)18-28(22(23)3)38-10-9-26-27(20-38)32-31(41-21-24-19-34(4)11-12-35(24)5)33-30(26)37-15-13-36(14-16-37)29(40)7-2/h6-8,17-18,24,39H,2,9-16,19-21H2,1,3-5H3/b8-6-. The number of hydrogen-bond acceptors (Lipinski definition) is 9. The highest BCUT2D eigenvalue weighted by Crippen LogP contribution is 2.35. The van der Waals surface area contributed by atoms with Gasteiger partial charge in [0.15, 0.2) is 0 Å². The van der Waals surface area contributed by atoms with Crippen molar-refractivity contribution >= 4 is 23.5 Å². The second kappa shape index (κ2) is 12.5. The van der Waals surface area contributed by atoms with E-state index in [0.717, 1.165) is 66.5 Å². The number of allylic oxidation sites excluding steroid dienone is 1. The molecule has 2 fully saturated rings. The predicted octanol–water partition coefficient (Wildman–Crippen LogP) is 2.55. The molecular formula is C31H43N7O3. The van der Waals surface area contributed by atoms with Gasteiger partial charge in [0.1, 0.15) is 18.2 Å². The van der Waals surface area contributed by atoms with Crippen LogP contribution in [0.15, 0.2) is 30.9 Å². The Labute approximate surface area is 243 Å². The first-order valence-corrected chi connectivity index (χ1v) is 14.6. The summed E-state index contributed by atoms with van der Waals surface area (Å²) in [6, 6.07) is 4.31. The molecule has 2 saturated heterocycles. The van der Waals surface area contributed by atoms with E-state index in [0.29, 0.717) is 45.3 Å². The highest BCUT2D eigenvalue weighted by molar-refractivity contribution is 5.87. The number of anilines is 2. The van der Waals surface area contributed by atoms with E-state index in [-0.39, 0.29) is 17.7 Å². The van der Waals surface area contributed by atoms with E-state index < -0.39 is 0 Å². The summed E-state index contributed by atoms with van der Waals surface area (Å²) < 4.78 is 6.31. The van der Waals surface area contributed by atoms with Crippen LogP contribution < -0.4 is 14.5 Å². The van der Waals surface area contributed by atoms with E-state index in [9.17, 15) is 9.90 Å². The van der Waals surface area contributed by atoms with Crippen molar-refractivity contribution in [3.05, 3.63) is 53.2 Å². The Morgan fingerprint density at radius 1 is 1.10 bits per heavy atom. The molecule has 3 aliphatic rings. The van der Waals surface area contributed by atoms with Crippen molar-refractivity contribution in [1.82, 2.24) is 24.7 Å². The Morgan fingerprint density at radius 3 is 2.61 bits per heavy atom. The molecule has 5 rings (SSSR count). The zero-order valence-corrected chi connectivity index (χ0v) is 24.8. The Balaban J connectivity index is 1.44. The number of ether oxygens (including phenoxy) is 1. The maximum Gasteiger partial charge on any atom is 0.318 e. The number of fused-ring (bicyclic) bond motifs is 1. The second-order valence-corrected chi connectivity index (χ2v) is 11.3. The van der Waals surface area contributed by atoms with Gasteiger partial charge in [-0.05, 0) is 57.6 Å². The fraction of sp³-hybridized carbons (Fsp3) is 0.516. The minimum absolute atomic E-state index is 0.0330. The fourth-order valence-electron chi connectivity index (χ4n) is 6.03. The first-order valence-electron chi connectivity index (χ1n) is 14.6. The van der Waals surface area contributed by atoms with Crippen LogP contribution in [0.25, 0.3) is 6.08 Å². The zero-order chi connectivity index (χ0) is 29.1. The third-order valence-electron chi connectivity index (χ3n) is 8.57. The number of aromatic hydroxyl groups is 1. The second-order valence-electron chi connectivity index (χ2n) is 11.3. The van der Waals surface area contributed by atoms with Crippen LogP contribution in [0.4, 0.5) is 11.5 Å². The Kier molecular flexibility index (Phi) is 8.79. The molecule has 1 unspecified atom stereocenters. The predicted molar refractivity (Wildman–Crippen MR) is 163 cm³/mol. The number of amides is 1. The maximum absolute atomic E-state index is 12.2. The number of nitrogens with zero attached hydrogens (tertiary/aromatic N) is 7. The van der Waals surface area contributed by atoms with Crippen molar-refractivity contribution in [3.8, 4) is 11.8 Å². The number of rotatable bonds is 7. The third kappa shape index (κ3) is 6.33. The van der Waals surface area contributed by atoms with E-state index in [2.05, 4.69) is 47.2 Å². The van der Waals surface area contributed by atoms with Gasteiger partial charge >= 0.3 is 6.01 Å². The van der Waals surface area contributed by atoms with E-state index in [4.69, 9.17) is 14.7 Å². The molecule has 4 heterocycles. The summed E-state index contributed by atoms with van der Waals surface area (Å²) in [5.74, 6) is 1.13. The molecule has 220 valence electrons. The normalized spacial score (nSPS) is 20.4. The monoisotopic (exact) mass is 561 g/mol. The summed E-state index contributed by atoms with van der Waals surface area (Å²) in [4.78, 5) is 33.1. The zero-order valence-electron chi connectivity index (χ0n) is 24.8. The van der Waals surface area contributed by atoms with Crippen LogP contribution in [-0.4, -0.2) is 115 Å². The first-order chi connectivity index (χ1) is 19.8. The molecular weight excluding hydrogens is 518 g/mol. The lowest BCUT2D eigenvalue weighted by Crippen LogP contribution is -2.52. The number of phenolic OH excluding ortho intramolecular Hbond substituents is 1. The molecule has 0 aliphatic carbocycles. The van der Waals surface area contributed by atoms with Gasteiger partial charge in [-0.2, -0.15) is 9.97 Å². The van der Waals surface area contributed by atoms with Gasteiger partial charge in [-0.1, -0.05) is 18.7 Å². The summed E-state index contributed by atoms with van der Waals surface area (Å²) >= 11 is 0. The van der Waals surface area contributed by atoms with Gasteiger partial charge in [0, 0.05) is 69.7 Å². The van der Waals surface area contributed by atoms with E-state index in [1.165, 1.54) is 6.08 Å². The quantitative estimate of drug-likeness (QED) is 0.513. The first kappa shape index (κ1) is 28.9. The van der Waals surface area contributed by atoms with Crippen LogP contribution in [0.5, 0.6) is 11.8 Å². The highest BCUT2D eigenvalue weighted by atomic mass is 16.5. The molecule has 10 heteroatoms. The van der Waals surface area contributed by atoms with Crippen molar-refractivity contribution in [1.29, 1.82) is 0 Å². The number of carbonyl (C=O) groups excluding carboxylic acids is 1. The largest absolute Gasteiger partial charge is 0.508 e. The van der Waals surface area contributed by atoms with Gasteiger partial charge in [-0.25, -0.2) is 0 Å². The molecule has 2 aromatic rings. The highest BCUT2D eigenvalue weighted by Gasteiger charge is 2.30. The van der Waals surface area contributed by atoms with Crippen LogP contribution in [0.2, 0.25) is 0 Å². The van der Waals surface area contributed by atoms with Crippen molar-refractivity contribution in [2.45, 2.75) is 32.9 Å². The molecule has 41 heavy (non-hydrogen) atoms. The average molecular weight is 562 g/mol. The topological polar surface area (TPSA) is 88.5 Å². The van der Waals surface area contributed by atoms with Crippen LogP contribution in [-0.2, 0) is 17.8 Å². The maximum atomic E-state index is 12.2. The lowest BCUT2D eigenvalue weighted by Gasteiger charge is -2.38. The van der Waals surface area contributed by atoms with Crippen LogP contribution in [0, 0.1) is 6.92 Å². The van der Waals surface area contributed by atoms with Crippen molar-refractivity contribution in [2.24, 2.45) is 0 Å². The number of piperazine rings is 2. The Bertz CT molecular complexity index is 1310. The molecule has 3 aliphatic heterocycles. The summed E-state index contributed by atoms with van der Waals surface area (Å²) in [6.45, 7) is 15.3. The van der Waals surface area contributed by atoms with Gasteiger partial charge in [0.2, 0.25) is 5.91 Å². The van der Waals surface area contributed by atoms with Gasteiger partial charge in [0.25, 0.3) is 0 Å². The SMILES string of the molecule is C=CC(=O)N1CCN(c2nc(OCC3CN(C)CCN3C)nc3c2CCN(c2cc(O)cc(/C=C\C)c2C)C3)CC1. The van der Waals surface area contributed by atoms with Crippen molar-refractivity contribution in [3.63, 3.8) is 0 Å². The van der Waals surface area contributed by atoms with Crippen LogP contribution in [0.3, 0.4) is 0 Å². The molecule has 1 atom stereocenters. The number of hydrogen-bond donors (Lipinski definition) is 1. The third-order valence-corrected chi connectivity index (χ3v) is 8.57. The van der Waals surface area contributed by atoms with Crippen molar-refractivity contribution in [2.75, 3.05) is 82.9 Å². The van der Waals surface area contributed by atoms with Gasteiger partial charge < -0.3 is 29.4 Å². The van der Waals surface area contributed by atoms with Crippen LogP contribution >= 0.6 is 0 Å². The Morgan fingerprint density at radius 2 is 1.88 bits per heavy atom. The number of carbonyl (C=O) groups is 1. The molecule has 1 aromatic carbocycles. The van der Waals surface area contributed by atoms with Gasteiger partial charge in [-0.15, -0.1) is 0 Å². The van der Waals surface area contributed by atoms with E-state index >= 15 is 0 Å². The molecule has 10 nitrogen and oxygen atoms in total. The molecule has 0 radical (unpaired) electrons. The molecule has 0 spiro atoms. The molecule has 0 bridgehead atoms. The van der Waals surface area contributed by atoms with E-state index in [1.807, 2.05) is 30.0 Å². The van der Waals surface area contributed by atoms with Gasteiger partial charge in [-0.3, -0.25) is 9.69 Å². The lowest BCUT2D eigenvalue weighted by molar-refractivity contribution is -0.126. The summed E-state index contributed by atoms with van der Waals surface area (Å²) in [7, 11) is 4.28. The molecule has 1 amide bonds. The number of benzene rings is 1. The summed E-state index contributed by atoms with van der Waals surface area (Å²) in [5, 5.41) is 10.5. The van der Waals surface area contributed by atoms with Crippen LogP contribution in [0.1, 0.15) is 29.3 Å². The summed E-state index contributed by atoms with van der Waals surface area (Å²) in [6.07, 6.45) is 6.18. The smallest absolute Gasteiger partial charge is 0.318 e. The molecule has 1 aromatic heterocycles. The van der Waals surface area contributed by atoms with Crippen molar-refractivity contribution < 1.29 is 14.6 Å². The summed E-state index contributed by atoms with van der Waals surface area (Å²) in [5.41, 5.74) is 5.23. The average Bonchev–Trinajstić information content (AvgIpc) is 2.98. The number of phenols is 1. The Hall–Kier alpha value is -3.63. The molecule has 0 saturated carbocycles.